The molecular weight excluding hydrogens is 538 g/mol. The summed E-state index contributed by atoms with van der Waals surface area (Å²) >= 11 is 0. The highest BCUT2D eigenvalue weighted by Crippen LogP contribution is 2.26. The second kappa shape index (κ2) is 16.7. The minimum absolute atomic E-state index is 0.0342. The molecule has 0 bridgehead atoms. The fraction of sp³-hybridized carbons (Fsp3) is 0.375. The monoisotopic (exact) mass is 577 g/mol. The zero-order valence-electron chi connectivity index (χ0n) is 24.3. The Morgan fingerprint density at radius 3 is 2.45 bits per heavy atom. The molecule has 3 rings (SSSR count). The fourth-order valence-electron chi connectivity index (χ4n) is 4.34. The van der Waals surface area contributed by atoms with E-state index in [2.05, 4.69) is 23.0 Å². The van der Waals surface area contributed by atoms with Gasteiger partial charge in [0.15, 0.2) is 5.76 Å². The molecule has 2 atom stereocenters. The molecule has 10 nitrogen and oxygen atoms in total. The van der Waals surface area contributed by atoms with E-state index < -0.39 is 17.7 Å². The molecule has 3 amide bonds. The van der Waals surface area contributed by atoms with E-state index in [0.29, 0.717) is 17.7 Å². The van der Waals surface area contributed by atoms with Gasteiger partial charge in [0.2, 0.25) is 11.8 Å². The van der Waals surface area contributed by atoms with Gasteiger partial charge in [0, 0.05) is 17.9 Å². The predicted octanol–water partition coefficient (Wildman–Crippen LogP) is 4.86. The Hall–Kier alpha value is -4.44. The first-order chi connectivity index (χ1) is 20.3. The molecule has 1 aromatic heterocycles. The molecule has 0 spiro atoms. The maximum absolute atomic E-state index is 12.9. The van der Waals surface area contributed by atoms with Gasteiger partial charge in [-0.15, -0.1) is 0 Å². The highest BCUT2D eigenvalue weighted by molar-refractivity contribution is 5.92. The Kier molecular flexibility index (Phi) is 12.8. The van der Waals surface area contributed by atoms with Crippen molar-refractivity contribution in [2.75, 3.05) is 13.8 Å². The number of methoxy groups -OCH3 is 1. The number of rotatable bonds is 16. The van der Waals surface area contributed by atoms with Crippen LogP contribution in [-0.2, 0) is 30.6 Å². The van der Waals surface area contributed by atoms with Crippen molar-refractivity contribution >= 4 is 23.7 Å². The molecule has 0 saturated heterocycles. The highest BCUT2D eigenvalue weighted by atomic mass is 16.6. The summed E-state index contributed by atoms with van der Waals surface area (Å²) in [6.45, 7) is 3.91. The quantitative estimate of drug-likeness (QED) is 0.0957. The first-order valence-corrected chi connectivity index (χ1v) is 14.1. The van der Waals surface area contributed by atoms with E-state index in [4.69, 9.17) is 14.0 Å². The predicted molar refractivity (Wildman–Crippen MR) is 157 cm³/mol. The molecule has 2 aromatic carbocycles. The Balaban J connectivity index is 1.50. The van der Waals surface area contributed by atoms with Crippen LogP contribution in [0.25, 0.3) is 11.3 Å². The van der Waals surface area contributed by atoms with Gasteiger partial charge in [0.25, 0.3) is 5.91 Å². The Morgan fingerprint density at radius 1 is 0.929 bits per heavy atom. The third-order valence-corrected chi connectivity index (χ3v) is 6.79. The van der Waals surface area contributed by atoms with Gasteiger partial charge in [0.1, 0.15) is 5.76 Å². The number of esters is 1. The van der Waals surface area contributed by atoms with Crippen molar-refractivity contribution in [3.63, 3.8) is 0 Å². The zero-order chi connectivity index (χ0) is 30.3. The second-order valence-electron chi connectivity index (χ2n) is 9.95. The molecule has 1 heterocycles. The lowest BCUT2D eigenvalue weighted by Gasteiger charge is -2.17. The van der Waals surface area contributed by atoms with Crippen LogP contribution in [0.4, 0.5) is 0 Å². The number of benzene rings is 2. The number of ether oxygens (including phenoxy) is 1. The number of unbranched alkanes of at least 4 members (excludes halogenated alkanes) is 2. The summed E-state index contributed by atoms with van der Waals surface area (Å²) in [6.07, 6.45) is 3.23. The van der Waals surface area contributed by atoms with Crippen LogP contribution in [0.15, 0.2) is 71.1 Å². The van der Waals surface area contributed by atoms with Gasteiger partial charge < -0.3 is 19.8 Å². The smallest absolute Gasteiger partial charge is 0.312 e. The molecule has 3 aromatic rings. The summed E-state index contributed by atoms with van der Waals surface area (Å²) in [7, 11) is 1.34. The average molecular weight is 578 g/mol. The number of furan rings is 1. The summed E-state index contributed by atoms with van der Waals surface area (Å²) < 4.78 is 10.6. The molecule has 0 aliphatic carbocycles. The third-order valence-electron chi connectivity index (χ3n) is 6.79. The minimum Gasteiger partial charge on any atom is -0.469 e. The van der Waals surface area contributed by atoms with Gasteiger partial charge in [-0.2, -0.15) is 0 Å². The van der Waals surface area contributed by atoms with Gasteiger partial charge in [-0.3, -0.25) is 24.0 Å². The lowest BCUT2D eigenvalue weighted by molar-refractivity contribution is -0.142. The molecule has 42 heavy (non-hydrogen) atoms. The van der Waals surface area contributed by atoms with Crippen molar-refractivity contribution in [1.82, 2.24) is 16.1 Å². The maximum atomic E-state index is 12.9. The van der Waals surface area contributed by atoms with E-state index in [1.165, 1.54) is 13.2 Å². The Morgan fingerprint density at radius 2 is 1.71 bits per heavy atom. The Labute approximate surface area is 246 Å². The lowest BCUT2D eigenvalue weighted by atomic mass is 9.96. The van der Waals surface area contributed by atoms with Gasteiger partial charge in [-0.1, -0.05) is 74.7 Å². The molecule has 224 valence electrons. The average Bonchev–Trinajstić information content (AvgIpc) is 3.51. The number of carbonyl (C=O) groups is 4. The summed E-state index contributed by atoms with van der Waals surface area (Å²) in [5.74, 6) is -2.06. The molecule has 0 radical (unpaired) electrons. The van der Waals surface area contributed by atoms with Crippen LogP contribution in [0.3, 0.4) is 0 Å². The molecule has 0 fully saturated rings. The Bertz CT molecular complexity index is 1320. The topological polar surface area (TPSA) is 136 Å². The van der Waals surface area contributed by atoms with E-state index in [1.54, 1.807) is 19.1 Å². The van der Waals surface area contributed by atoms with Crippen LogP contribution < -0.4 is 16.1 Å². The van der Waals surface area contributed by atoms with Crippen molar-refractivity contribution in [3.8, 4) is 11.3 Å². The number of hydroxylamine groups is 1. The van der Waals surface area contributed by atoms with E-state index in [1.807, 2.05) is 48.5 Å². The zero-order valence-corrected chi connectivity index (χ0v) is 24.3. The molecule has 10 heteroatoms. The van der Waals surface area contributed by atoms with Crippen LogP contribution in [0, 0.1) is 5.92 Å². The second-order valence-corrected chi connectivity index (χ2v) is 9.95. The summed E-state index contributed by atoms with van der Waals surface area (Å²) in [5.41, 5.74) is 4.79. The normalized spacial score (nSPS) is 12.2. The SMILES string of the molecule is CCCCC[C@H](CC(=O)NOCc1ccccc1)C(=O)NCNC(=O)c1ccc(-c2cccc(C(C)C(=O)OC)c2)o1. The maximum Gasteiger partial charge on any atom is 0.312 e. The molecule has 1 unspecified atom stereocenters. The number of hydrogen-bond donors (Lipinski definition) is 3. The summed E-state index contributed by atoms with van der Waals surface area (Å²) in [4.78, 5) is 55.2. The molecule has 3 N–H and O–H groups in total. The lowest BCUT2D eigenvalue weighted by Crippen LogP contribution is -2.41. The van der Waals surface area contributed by atoms with Crippen LogP contribution in [0.1, 0.15) is 73.6 Å². The first kappa shape index (κ1) is 32.1. The number of nitrogens with one attached hydrogen (secondary N) is 3. The molecule has 0 aliphatic rings. The van der Waals surface area contributed by atoms with Gasteiger partial charge in [-0.25, -0.2) is 5.48 Å². The third kappa shape index (κ3) is 9.88. The van der Waals surface area contributed by atoms with E-state index in [-0.39, 0.29) is 43.2 Å². The highest BCUT2D eigenvalue weighted by Gasteiger charge is 2.22. The van der Waals surface area contributed by atoms with Crippen molar-refractivity contribution in [2.24, 2.45) is 5.92 Å². The standard InChI is InChI=1S/C32H39N3O7/c1-4-5-7-13-26(19-29(36)35-41-20-23-11-8-6-9-12-23)30(37)33-21-34-31(38)28-17-16-27(42-28)25-15-10-14-24(18-25)22(2)32(39)40-3/h6,8-12,14-18,22,26H,4-5,7,13,19-21H2,1-3H3,(H,33,37)(H,34,38)(H,35,36)/t22?,26-/m1/s1. The van der Waals surface area contributed by atoms with Crippen molar-refractivity contribution < 1.29 is 33.2 Å². The van der Waals surface area contributed by atoms with Crippen LogP contribution in [0.5, 0.6) is 0 Å². The largest absolute Gasteiger partial charge is 0.469 e. The van der Waals surface area contributed by atoms with Gasteiger partial charge >= 0.3 is 5.97 Å². The number of hydrogen-bond acceptors (Lipinski definition) is 7. The first-order valence-electron chi connectivity index (χ1n) is 14.1. The number of amides is 3. The van der Waals surface area contributed by atoms with Crippen molar-refractivity contribution in [3.05, 3.63) is 83.6 Å². The van der Waals surface area contributed by atoms with E-state index >= 15 is 0 Å². The summed E-state index contributed by atoms with van der Waals surface area (Å²) in [5, 5.41) is 5.32. The van der Waals surface area contributed by atoms with E-state index in [0.717, 1.165) is 30.4 Å². The summed E-state index contributed by atoms with van der Waals surface area (Å²) in [6, 6.07) is 19.9. The van der Waals surface area contributed by atoms with Crippen molar-refractivity contribution in [1.29, 1.82) is 0 Å². The van der Waals surface area contributed by atoms with Crippen LogP contribution in [-0.4, -0.2) is 37.5 Å². The molecule has 0 aliphatic heterocycles. The fourth-order valence-corrected chi connectivity index (χ4v) is 4.34. The van der Waals surface area contributed by atoms with Gasteiger partial charge in [-0.05, 0) is 42.7 Å². The minimum atomic E-state index is -0.566. The molecule has 0 saturated carbocycles. The van der Waals surface area contributed by atoms with Crippen LogP contribution >= 0.6 is 0 Å². The van der Waals surface area contributed by atoms with Gasteiger partial charge in [0.05, 0.1) is 26.3 Å². The number of carbonyl (C=O) groups excluding carboxylic acids is 4. The van der Waals surface area contributed by atoms with Crippen molar-refractivity contribution in [2.45, 2.75) is 58.5 Å². The van der Waals surface area contributed by atoms with E-state index in [9.17, 15) is 19.2 Å². The van der Waals surface area contributed by atoms with Crippen LogP contribution in [0.2, 0.25) is 0 Å². The molecular formula is C32H39N3O7.